The molecule has 0 atom stereocenters. The first-order chi connectivity index (χ1) is 13.3. The Kier molecular flexibility index (Phi) is 4.19. The number of nitrogens with one attached hydrogen (secondary N) is 1. The molecule has 28 heavy (non-hydrogen) atoms. The van der Waals surface area contributed by atoms with Crippen molar-refractivity contribution in [3.63, 3.8) is 0 Å². The maximum Gasteiger partial charge on any atom is 0.346 e. The predicted octanol–water partition coefficient (Wildman–Crippen LogP) is 1.68. The zero-order valence-corrected chi connectivity index (χ0v) is 15.3. The number of carboxylic acids is 1. The first-order valence-corrected chi connectivity index (χ1v) is 8.98. The fourth-order valence-electron chi connectivity index (χ4n) is 2.98. The molecule has 0 radical (unpaired) electrons. The summed E-state index contributed by atoms with van der Waals surface area (Å²) in [4.78, 5) is 52.6. The maximum absolute atomic E-state index is 12.7. The minimum Gasteiger partial charge on any atom is -0.482 e. The van der Waals surface area contributed by atoms with Crippen LogP contribution in [0, 0.1) is 6.92 Å². The summed E-state index contributed by atoms with van der Waals surface area (Å²) in [7, 11) is 0. The number of fused-ring (bicyclic) bond motifs is 2. The van der Waals surface area contributed by atoms with Crippen LogP contribution in [0.2, 0.25) is 0 Å². The molecule has 2 N–H and O–H groups in total. The van der Waals surface area contributed by atoms with E-state index in [-0.39, 0.29) is 35.1 Å². The van der Waals surface area contributed by atoms with Gasteiger partial charge in [-0.05, 0) is 30.7 Å². The summed E-state index contributed by atoms with van der Waals surface area (Å²) >= 11 is 0.923. The molecule has 0 saturated heterocycles. The lowest BCUT2D eigenvalue weighted by Gasteiger charge is -2.18. The van der Waals surface area contributed by atoms with Crippen LogP contribution in [0.3, 0.4) is 0 Å². The summed E-state index contributed by atoms with van der Waals surface area (Å²) < 4.78 is 6.40. The average Bonchev–Trinajstić information content (AvgIpc) is 3.01. The third-order valence-electron chi connectivity index (χ3n) is 4.36. The van der Waals surface area contributed by atoms with Gasteiger partial charge in [0.05, 0.1) is 23.9 Å². The molecular weight excluding hydrogens is 386 g/mol. The van der Waals surface area contributed by atoms with Gasteiger partial charge in [-0.2, -0.15) is 0 Å². The number of nitrogens with zero attached hydrogens (tertiary/aromatic N) is 2. The number of amides is 1. The van der Waals surface area contributed by atoms with Gasteiger partial charge in [0.25, 0.3) is 11.5 Å². The summed E-state index contributed by atoms with van der Waals surface area (Å²) in [5.74, 6) is -1.34. The molecule has 3 aromatic rings. The van der Waals surface area contributed by atoms with Gasteiger partial charge in [0.2, 0.25) is 0 Å². The number of thiophene rings is 1. The van der Waals surface area contributed by atoms with Crippen molar-refractivity contribution in [2.45, 2.75) is 13.5 Å². The molecule has 0 saturated carbocycles. The van der Waals surface area contributed by atoms with E-state index in [1.165, 1.54) is 12.4 Å². The molecule has 9 nitrogen and oxygen atoms in total. The number of ether oxygens (including phenoxy) is 1. The van der Waals surface area contributed by atoms with Crippen LogP contribution in [0.5, 0.6) is 5.75 Å². The number of benzene rings is 1. The van der Waals surface area contributed by atoms with Crippen molar-refractivity contribution < 1.29 is 24.2 Å². The molecule has 0 fully saturated rings. The number of hydrogen-bond acceptors (Lipinski definition) is 7. The van der Waals surface area contributed by atoms with Crippen LogP contribution < -0.4 is 15.6 Å². The zero-order chi connectivity index (χ0) is 20.0. The largest absolute Gasteiger partial charge is 0.482 e. The maximum atomic E-state index is 12.7. The van der Waals surface area contributed by atoms with Gasteiger partial charge in [-0.15, -0.1) is 11.3 Å². The molecule has 10 heteroatoms. The SMILES string of the molecule is Cc1c(C(=O)O)sc2ncn(CC(=O)c3ccc4c(c3)NC(=O)CO4)c(=O)c12. The molecule has 142 valence electrons. The summed E-state index contributed by atoms with van der Waals surface area (Å²) in [6.07, 6.45) is 1.23. The number of anilines is 1. The van der Waals surface area contributed by atoms with Gasteiger partial charge < -0.3 is 15.2 Å². The van der Waals surface area contributed by atoms with E-state index in [2.05, 4.69) is 10.3 Å². The first-order valence-electron chi connectivity index (χ1n) is 8.17. The molecule has 1 amide bonds. The van der Waals surface area contributed by atoms with Crippen molar-refractivity contribution >= 4 is 44.9 Å². The number of aromatic nitrogens is 2. The molecule has 1 aliphatic heterocycles. The zero-order valence-electron chi connectivity index (χ0n) is 14.5. The fraction of sp³-hybridized carbons (Fsp3) is 0.167. The number of hydrogen-bond donors (Lipinski definition) is 2. The lowest BCUT2D eigenvalue weighted by Crippen LogP contribution is -2.26. The number of carbonyl (C=O) groups excluding carboxylic acids is 2. The van der Waals surface area contributed by atoms with Crippen LogP contribution in [-0.4, -0.2) is 38.9 Å². The Morgan fingerprint density at radius 3 is 2.89 bits per heavy atom. The highest BCUT2D eigenvalue weighted by Gasteiger charge is 2.21. The van der Waals surface area contributed by atoms with Crippen molar-refractivity contribution in [2.24, 2.45) is 0 Å². The molecule has 0 unspecified atom stereocenters. The second-order valence-corrected chi connectivity index (χ2v) is 7.19. The van der Waals surface area contributed by atoms with Gasteiger partial charge in [0.15, 0.2) is 12.4 Å². The van der Waals surface area contributed by atoms with Crippen LogP contribution in [0.1, 0.15) is 25.6 Å². The number of aromatic carboxylic acids is 1. The van der Waals surface area contributed by atoms with E-state index in [0.29, 0.717) is 27.4 Å². The average molecular weight is 399 g/mol. The standard InChI is InChI=1S/C18H13N3O6S/c1-8-14-16(28-15(8)18(25)26)19-7-21(17(14)24)5-11(22)9-2-3-12-10(4-9)20-13(23)6-27-12/h2-4,7H,5-6H2,1H3,(H,20,23)(H,25,26). The lowest BCUT2D eigenvalue weighted by molar-refractivity contribution is -0.118. The Labute approximate surface area is 161 Å². The topological polar surface area (TPSA) is 128 Å². The van der Waals surface area contributed by atoms with Gasteiger partial charge >= 0.3 is 5.97 Å². The van der Waals surface area contributed by atoms with Crippen LogP contribution in [0.15, 0.2) is 29.3 Å². The van der Waals surface area contributed by atoms with Gasteiger partial charge in [-0.25, -0.2) is 9.78 Å². The number of aryl methyl sites for hydroxylation is 1. The van der Waals surface area contributed by atoms with E-state index in [1.54, 1.807) is 19.1 Å². The Bertz CT molecular complexity index is 1230. The van der Waals surface area contributed by atoms with Crippen molar-refractivity contribution in [2.75, 3.05) is 11.9 Å². The third-order valence-corrected chi connectivity index (χ3v) is 5.55. The van der Waals surface area contributed by atoms with E-state index in [0.717, 1.165) is 15.9 Å². The van der Waals surface area contributed by atoms with Gasteiger partial charge in [0, 0.05) is 5.56 Å². The van der Waals surface area contributed by atoms with Crippen LogP contribution in [0.25, 0.3) is 10.2 Å². The highest BCUT2D eigenvalue weighted by Crippen LogP contribution is 2.29. The Balaban J connectivity index is 1.68. The fourth-order valence-corrected chi connectivity index (χ4v) is 3.96. The van der Waals surface area contributed by atoms with E-state index in [9.17, 15) is 24.3 Å². The second-order valence-electron chi connectivity index (χ2n) is 6.19. The summed E-state index contributed by atoms with van der Waals surface area (Å²) in [6.45, 7) is 1.19. The van der Waals surface area contributed by atoms with E-state index in [1.807, 2.05) is 0 Å². The van der Waals surface area contributed by atoms with Gasteiger partial charge in [-0.3, -0.25) is 19.0 Å². The van der Waals surface area contributed by atoms with Gasteiger partial charge in [0.1, 0.15) is 15.5 Å². The lowest BCUT2D eigenvalue weighted by atomic mass is 10.1. The molecule has 0 bridgehead atoms. The minimum atomic E-state index is -1.12. The monoisotopic (exact) mass is 399 g/mol. The van der Waals surface area contributed by atoms with E-state index in [4.69, 9.17) is 4.74 Å². The van der Waals surface area contributed by atoms with E-state index < -0.39 is 11.5 Å². The number of carboxylic acid groups (broad SMARTS) is 1. The predicted molar refractivity (Wildman–Crippen MR) is 100 cm³/mol. The van der Waals surface area contributed by atoms with Crippen LogP contribution >= 0.6 is 11.3 Å². The quantitative estimate of drug-likeness (QED) is 0.639. The third kappa shape index (κ3) is 2.93. The Morgan fingerprint density at radius 2 is 2.14 bits per heavy atom. The van der Waals surface area contributed by atoms with Crippen LogP contribution in [-0.2, 0) is 11.3 Å². The minimum absolute atomic E-state index is 0.0501. The van der Waals surface area contributed by atoms with Crippen molar-refractivity contribution in [1.29, 1.82) is 0 Å². The highest BCUT2D eigenvalue weighted by atomic mass is 32.1. The number of Topliss-reactive ketones (excluding diaryl/α,β-unsaturated/α-hetero) is 1. The molecule has 4 rings (SSSR count). The van der Waals surface area contributed by atoms with Crippen LogP contribution in [0.4, 0.5) is 5.69 Å². The molecule has 2 aromatic heterocycles. The van der Waals surface area contributed by atoms with Gasteiger partial charge in [-0.1, -0.05) is 0 Å². The molecule has 1 aliphatic rings. The summed E-state index contributed by atoms with van der Waals surface area (Å²) in [6, 6.07) is 4.62. The first kappa shape index (κ1) is 17.9. The Morgan fingerprint density at radius 1 is 1.36 bits per heavy atom. The molecule has 0 spiro atoms. The van der Waals surface area contributed by atoms with E-state index >= 15 is 0 Å². The number of carbonyl (C=O) groups is 3. The second kappa shape index (κ2) is 6.57. The molecule has 0 aliphatic carbocycles. The normalized spacial score (nSPS) is 13.0. The summed E-state index contributed by atoms with van der Waals surface area (Å²) in [5.41, 5.74) is 0.544. The molecule has 3 heterocycles. The number of ketones is 1. The smallest absolute Gasteiger partial charge is 0.346 e. The molecule has 1 aromatic carbocycles. The van der Waals surface area contributed by atoms with Crippen molar-refractivity contribution in [3.05, 3.63) is 50.9 Å². The van der Waals surface area contributed by atoms with Crippen molar-refractivity contribution in [3.8, 4) is 5.75 Å². The summed E-state index contributed by atoms with van der Waals surface area (Å²) in [5, 5.41) is 12.0. The molecular formula is C18H13N3O6S. The highest BCUT2D eigenvalue weighted by molar-refractivity contribution is 7.20. The van der Waals surface area contributed by atoms with Crippen molar-refractivity contribution in [1.82, 2.24) is 9.55 Å². The number of rotatable bonds is 4. The Hall–Kier alpha value is -3.53.